The fourth-order valence-corrected chi connectivity index (χ4v) is 4.05. The summed E-state index contributed by atoms with van der Waals surface area (Å²) in [6.45, 7) is 4.46. The number of hydrogen-bond donors (Lipinski definition) is 0. The van der Waals surface area contributed by atoms with Gasteiger partial charge in [-0.1, -0.05) is 37.3 Å². The third-order valence-electron chi connectivity index (χ3n) is 5.21. The van der Waals surface area contributed by atoms with Crippen molar-refractivity contribution >= 4 is 23.2 Å². The molecule has 0 aliphatic carbocycles. The number of methoxy groups -OCH3 is 2. The molecule has 0 atom stereocenters. The lowest BCUT2D eigenvalue weighted by Gasteiger charge is -2.21. The molecule has 3 rings (SSSR count). The van der Waals surface area contributed by atoms with Crippen LogP contribution in [0.4, 0.5) is 0 Å². The summed E-state index contributed by atoms with van der Waals surface area (Å²) < 4.78 is 15.8. The summed E-state index contributed by atoms with van der Waals surface area (Å²) in [5.74, 6) is 0.312. The van der Waals surface area contributed by atoms with Crippen molar-refractivity contribution in [1.29, 1.82) is 0 Å². The van der Waals surface area contributed by atoms with E-state index in [0.717, 1.165) is 22.6 Å². The molecule has 0 radical (unpaired) electrons. The van der Waals surface area contributed by atoms with Crippen LogP contribution in [0.1, 0.15) is 35.5 Å². The van der Waals surface area contributed by atoms with E-state index in [9.17, 15) is 9.59 Å². The van der Waals surface area contributed by atoms with Gasteiger partial charge in [0.05, 0.1) is 14.2 Å². The van der Waals surface area contributed by atoms with Gasteiger partial charge in [-0.25, -0.2) is 9.78 Å². The molecule has 0 fully saturated rings. The molecule has 0 bridgehead atoms. The summed E-state index contributed by atoms with van der Waals surface area (Å²) in [5.41, 5.74) is 3.26. The van der Waals surface area contributed by atoms with E-state index < -0.39 is 5.97 Å². The van der Waals surface area contributed by atoms with E-state index in [-0.39, 0.29) is 18.2 Å². The normalized spacial score (nSPS) is 10.5. The van der Waals surface area contributed by atoms with Gasteiger partial charge in [0, 0.05) is 24.0 Å². The second-order valence-electron chi connectivity index (χ2n) is 7.26. The maximum absolute atomic E-state index is 12.7. The Morgan fingerprint density at radius 3 is 2.30 bits per heavy atom. The quantitative estimate of drug-likeness (QED) is 0.405. The highest BCUT2D eigenvalue weighted by Crippen LogP contribution is 2.28. The number of nitrogens with zero attached hydrogens (tertiary/aromatic N) is 2. The molecule has 8 heteroatoms. The Kier molecular flexibility index (Phi) is 8.43. The Labute approximate surface area is 197 Å². The lowest BCUT2D eigenvalue weighted by molar-refractivity contribution is -0.134. The first kappa shape index (κ1) is 24.3. The van der Waals surface area contributed by atoms with E-state index in [0.29, 0.717) is 24.6 Å². The van der Waals surface area contributed by atoms with Gasteiger partial charge in [0.15, 0.2) is 23.8 Å². The topological polar surface area (TPSA) is 78.0 Å². The van der Waals surface area contributed by atoms with Gasteiger partial charge in [-0.15, -0.1) is 11.3 Å². The van der Waals surface area contributed by atoms with Crippen molar-refractivity contribution in [3.63, 3.8) is 0 Å². The molecule has 0 N–H and O–H groups in total. The average molecular weight is 469 g/mol. The summed E-state index contributed by atoms with van der Waals surface area (Å²) in [4.78, 5) is 31.1. The average Bonchev–Trinajstić information content (AvgIpc) is 3.36. The molecule has 0 aliphatic heterocycles. The Hall–Kier alpha value is -3.39. The van der Waals surface area contributed by atoms with Crippen LogP contribution in [0.3, 0.4) is 0 Å². The van der Waals surface area contributed by atoms with E-state index in [2.05, 4.69) is 11.9 Å². The number of carbonyl (C=O) groups is 2. The van der Waals surface area contributed by atoms with Crippen molar-refractivity contribution in [3.8, 4) is 22.1 Å². The SMILES string of the molecule is CCc1ccc(-c2nc(C(=O)OCC(=O)N(CC)Cc3ccc(OC)c(OC)c3)cs2)cc1. The molecule has 0 aliphatic rings. The predicted octanol–water partition coefficient (Wildman–Crippen LogP) is 4.60. The highest BCUT2D eigenvalue weighted by Gasteiger charge is 2.18. The Balaban J connectivity index is 1.58. The summed E-state index contributed by atoms with van der Waals surface area (Å²) in [5, 5.41) is 2.39. The molecule has 3 aromatic rings. The van der Waals surface area contributed by atoms with Gasteiger partial charge in [-0.3, -0.25) is 4.79 Å². The Bertz CT molecular complexity index is 1090. The minimum Gasteiger partial charge on any atom is -0.493 e. The van der Waals surface area contributed by atoms with E-state index >= 15 is 0 Å². The van der Waals surface area contributed by atoms with Crippen LogP contribution in [0.2, 0.25) is 0 Å². The zero-order chi connectivity index (χ0) is 23.8. The monoisotopic (exact) mass is 468 g/mol. The molecule has 0 saturated carbocycles. The number of thiazole rings is 1. The number of aromatic nitrogens is 1. The van der Waals surface area contributed by atoms with Gasteiger partial charge in [-0.05, 0) is 36.6 Å². The van der Waals surface area contributed by atoms with Crippen molar-refractivity contribution in [1.82, 2.24) is 9.88 Å². The number of carbonyl (C=O) groups excluding carboxylic acids is 2. The van der Waals surface area contributed by atoms with Gasteiger partial charge in [0.1, 0.15) is 5.01 Å². The summed E-state index contributed by atoms with van der Waals surface area (Å²) in [6, 6.07) is 13.6. The van der Waals surface area contributed by atoms with E-state index in [1.165, 1.54) is 16.9 Å². The van der Waals surface area contributed by atoms with Crippen LogP contribution >= 0.6 is 11.3 Å². The van der Waals surface area contributed by atoms with Gasteiger partial charge in [0.2, 0.25) is 0 Å². The standard InChI is InChI=1S/C25H28N2O5S/c1-5-17-7-10-19(11-8-17)24-26-20(16-33-24)25(29)32-15-23(28)27(6-2)14-18-9-12-21(30-3)22(13-18)31-4/h7-13,16H,5-6,14-15H2,1-4H3. The molecule has 1 heterocycles. The van der Waals surface area contributed by atoms with Crippen molar-refractivity contribution in [2.75, 3.05) is 27.4 Å². The maximum Gasteiger partial charge on any atom is 0.358 e. The van der Waals surface area contributed by atoms with Crippen LogP contribution in [-0.2, 0) is 22.5 Å². The predicted molar refractivity (Wildman–Crippen MR) is 128 cm³/mol. The highest BCUT2D eigenvalue weighted by atomic mass is 32.1. The fraction of sp³-hybridized carbons (Fsp3) is 0.320. The highest BCUT2D eigenvalue weighted by molar-refractivity contribution is 7.13. The van der Waals surface area contributed by atoms with Crippen LogP contribution in [0.25, 0.3) is 10.6 Å². The number of amides is 1. The summed E-state index contributed by atoms with van der Waals surface area (Å²) in [6.07, 6.45) is 0.963. The first-order chi connectivity index (χ1) is 16.0. The summed E-state index contributed by atoms with van der Waals surface area (Å²) in [7, 11) is 3.13. The number of aryl methyl sites for hydroxylation is 1. The number of rotatable bonds is 10. The summed E-state index contributed by atoms with van der Waals surface area (Å²) >= 11 is 1.37. The molecule has 0 spiro atoms. The van der Waals surface area contributed by atoms with Crippen molar-refractivity contribution in [2.24, 2.45) is 0 Å². The molecule has 174 valence electrons. The number of ether oxygens (including phenoxy) is 3. The molecule has 33 heavy (non-hydrogen) atoms. The second kappa shape index (κ2) is 11.5. The molecule has 1 amide bonds. The smallest absolute Gasteiger partial charge is 0.358 e. The molecule has 7 nitrogen and oxygen atoms in total. The van der Waals surface area contributed by atoms with E-state index in [1.807, 2.05) is 43.3 Å². The van der Waals surface area contributed by atoms with Crippen LogP contribution in [0.15, 0.2) is 47.8 Å². The number of likely N-dealkylation sites (N-methyl/N-ethyl adjacent to an activating group) is 1. The van der Waals surface area contributed by atoms with Crippen molar-refractivity contribution in [3.05, 3.63) is 64.7 Å². The van der Waals surface area contributed by atoms with E-state index in [4.69, 9.17) is 14.2 Å². The minimum atomic E-state index is -0.613. The zero-order valence-electron chi connectivity index (χ0n) is 19.3. The molecular weight excluding hydrogens is 440 g/mol. The number of benzene rings is 2. The Morgan fingerprint density at radius 1 is 0.970 bits per heavy atom. The van der Waals surface area contributed by atoms with Crippen LogP contribution in [0, 0.1) is 0 Å². The van der Waals surface area contributed by atoms with E-state index in [1.54, 1.807) is 30.6 Å². The third kappa shape index (κ3) is 6.10. The van der Waals surface area contributed by atoms with Gasteiger partial charge < -0.3 is 19.1 Å². The number of hydrogen-bond acceptors (Lipinski definition) is 7. The second-order valence-corrected chi connectivity index (χ2v) is 8.12. The van der Waals surface area contributed by atoms with Crippen LogP contribution < -0.4 is 9.47 Å². The molecule has 2 aromatic carbocycles. The molecule has 0 unspecified atom stereocenters. The number of esters is 1. The van der Waals surface area contributed by atoms with Crippen molar-refractivity contribution < 1.29 is 23.8 Å². The van der Waals surface area contributed by atoms with Crippen LogP contribution in [-0.4, -0.2) is 49.1 Å². The molecule has 0 saturated heterocycles. The lowest BCUT2D eigenvalue weighted by Crippen LogP contribution is -2.34. The molecule has 1 aromatic heterocycles. The lowest BCUT2D eigenvalue weighted by atomic mass is 10.1. The van der Waals surface area contributed by atoms with Gasteiger partial charge >= 0.3 is 5.97 Å². The fourth-order valence-electron chi connectivity index (χ4n) is 3.25. The van der Waals surface area contributed by atoms with Crippen LogP contribution in [0.5, 0.6) is 11.5 Å². The largest absolute Gasteiger partial charge is 0.493 e. The minimum absolute atomic E-state index is 0.199. The van der Waals surface area contributed by atoms with Crippen molar-refractivity contribution in [2.45, 2.75) is 26.8 Å². The van der Waals surface area contributed by atoms with Gasteiger partial charge in [-0.2, -0.15) is 0 Å². The molecular formula is C25H28N2O5S. The first-order valence-electron chi connectivity index (χ1n) is 10.7. The Morgan fingerprint density at radius 2 is 1.67 bits per heavy atom. The zero-order valence-corrected chi connectivity index (χ0v) is 20.1. The first-order valence-corrected chi connectivity index (χ1v) is 11.6. The maximum atomic E-state index is 12.7. The third-order valence-corrected chi connectivity index (χ3v) is 6.10. The van der Waals surface area contributed by atoms with Gasteiger partial charge in [0.25, 0.3) is 5.91 Å².